The van der Waals surface area contributed by atoms with E-state index in [2.05, 4.69) is 17.4 Å². The van der Waals surface area contributed by atoms with Gasteiger partial charge in [0.2, 0.25) is 5.91 Å². The van der Waals surface area contributed by atoms with Crippen molar-refractivity contribution in [3.63, 3.8) is 0 Å². The van der Waals surface area contributed by atoms with E-state index in [1.54, 1.807) is 4.90 Å². The van der Waals surface area contributed by atoms with Gasteiger partial charge in [-0.15, -0.1) is 11.6 Å². The van der Waals surface area contributed by atoms with Crippen LogP contribution < -0.4 is 10.2 Å². The van der Waals surface area contributed by atoms with Gasteiger partial charge >= 0.3 is 0 Å². The van der Waals surface area contributed by atoms with Gasteiger partial charge in [-0.05, 0) is 23.6 Å². The minimum Gasteiger partial charge on any atom is -0.315 e. The van der Waals surface area contributed by atoms with E-state index in [0.29, 0.717) is 12.4 Å². The molecule has 0 spiro atoms. The first-order valence-corrected chi connectivity index (χ1v) is 5.91. The number of likely N-dealkylation sites (N-methyl/N-ethyl adjacent to an activating group) is 1. The zero-order chi connectivity index (χ0) is 11.5. The number of benzene rings is 1. The second-order valence-corrected chi connectivity index (χ2v) is 4.24. The van der Waals surface area contributed by atoms with Crippen LogP contribution in [0.5, 0.6) is 0 Å². The molecule has 0 unspecified atom stereocenters. The van der Waals surface area contributed by atoms with Crippen LogP contribution in [0.4, 0.5) is 5.69 Å². The molecular formula is C12H15ClN2O. The van der Waals surface area contributed by atoms with Gasteiger partial charge in [0.15, 0.2) is 0 Å². The Kier molecular flexibility index (Phi) is 3.46. The largest absolute Gasteiger partial charge is 0.315 e. The molecule has 0 aromatic heterocycles. The lowest BCUT2D eigenvalue weighted by molar-refractivity contribution is -0.117. The molecule has 0 bridgehead atoms. The van der Waals surface area contributed by atoms with Crippen LogP contribution in [0.15, 0.2) is 18.2 Å². The maximum atomic E-state index is 11.5. The van der Waals surface area contributed by atoms with Gasteiger partial charge in [-0.25, -0.2) is 0 Å². The van der Waals surface area contributed by atoms with Crippen molar-refractivity contribution in [2.24, 2.45) is 0 Å². The maximum Gasteiger partial charge on any atom is 0.231 e. The standard InChI is InChI=1S/C12H15ClN2O/c1-15-11-3-2-9(4-5-14-8-13)6-10(11)7-12(15)16/h2-3,6,14H,4-5,7-8H2,1H3. The van der Waals surface area contributed by atoms with E-state index < -0.39 is 0 Å². The zero-order valence-electron chi connectivity index (χ0n) is 9.29. The number of carbonyl (C=O) groups is 1. The number of hydrogen-bond acceptors (Lipinski definition) is 2. The number of hydrogen-bond donors (Lipinski definition) is 1. The monoisotopic (exact) mass is 238 g/mol. The number of rotatable bonds is 4. The second kappa shape index (κ2) is 4.85. The van der Waals surface area contributed by atoms with Crippen molar-refractivity contribution in [1.82, 2.24) is 5.32 Å². The molecule has 1 heterocycles. The van der Waals surface area contributed by atoms with E-state index in [4.69, 9.17) is 11.6 Å². The fraction of sp³-hybridized carbons (Fsp3) is 0.417. The van der Waals surface area contributed by atoms with E-state index in [-0.39, 0.29) is 5.91 Å². The van der Waals surface area contributed by atoms with E-state index in [1.807, 2.05) is 13.1 Å². The van der Waals surface area contributed by atoms with Crippen LogP contribution in [-0.2, 0) is 17.6 Å². The van der Waals surface area contributed by atoms with E-state index in [9.17, 15) is 4.79 Å². The van der Waals surface area contributed by atoms with Crippen LogP contribution in [0.25, 0.3) is 0 Å². The summed E-state index contributed by atoms with van der Waals surface area (Å²) in [6.45, 7) is 0.867. The molecule has 0 saturated heterocycles. The first-order valence-electron chi connectivity index (χ1n) is 5.37. The Labute approximate surface area is 100 Å². The molecule has 1 amide bonds. The fourth-order valence-electron chi connectivity index (χ4n) is 1.98. The lowest BCUT2D eigenvalue weighted by Crippen LogP contribution is -2.20. The van der Waals surface area contributed by atoms with Gasteiger partial charge in [0.25, 0.3) is 0 Å². The summed E-state index contributed by atoms with van der Waals surface area (Å²) in [4.78, 5) is 13.2. The number of carbonyl (C=O) groups excluding carboxylic acids is 1. The van der Waals surface area contributed by atoms with E-state index in [1.165, 1.54) is 5.56 Å². The molecule has 2 rings (SSSR count). The molecule has 0 saturated carbocycles. The number of nitrogens with one attached hydrogen (secondary N) is 1. The van der Waals surface area contributed by atoms with Crippen LogP contribution in [0.2, 0.25) is 0 Å². The van der Waals surface area contributed by atoms with Crippen molar-refractivity contribution in [3.8, 4) is 0 Å². The Morgan fingerprint density at radius 2 is 2.31 bits per heavy atom. The third-order valence-electron chi connectivity index (χ3n) is 2.91. The number of anilines is 1. The SMILES string of the molecule is CN1C(=O)Cc2cc(CCNCCl)ccc21. The topological polar surface area (TPSA) is 32.3 Å². The molecule has 0 aliphatic carbocycles. The summed E-state index contributed by atoms with van der Waals surface area (Å²) in [6.07, 6.45) is 1.47. The van der Waals surface area contributed by atoms with Crippen molar-refractivity contribution in [1.29, 1.82) is 0 Å². The molecule has 0 fully saturated rings. The minimum atomic E-state index is 0.172. The highest BCUT2D eigenvalue weighted by Gasteiger charge is 2.23. The molecule has 3 nitrogen and oxygen atoms in total. The number of halogens is 1. The molecule has 1 N–H and O–H groups in total. The summed E-state index contributed by atoms with van der Waals surface area (Å²) >= 11 is 5.54. The van der Waals surface area contributed by atoms with Gasteiger partial charge in [-0.2, -0.15) is 0 Å². The molecule has 0 radical (unpaired) electrons. The lowest BCUT2D eigenvalue weighted by Gasteiger charge is -2.10. The molecule has 0 atom stereocenters. The second-order valence-electron chi connectivity index (χ2n) is 3.98. The molecule has 4 heteroatoms. The van der Waals surface area contributed by atoms with Gasteiger partial charge < -0.3 is 10.2 Å². The summed E-state index contributed by atoms with van der Waals surface area (Å²) < 4.78 is 0. The summed E-state index contributed by atoms with van der Waals surface area (Å²) in [7, 11) is 1.82. The first kappa shape index (κ1) is 11.4. The number of fused-ring (bicyclic) bond motifs is 1. The Balaban J connectivity index is 2.09. The van der Waals surface area contributed by atoms with Crippen LogP contribution in [-0.4, -0.2) is 25.5 Å². The highest BCUT2D eigenvalue weighted by Crippen LogP contribution is 2.28. The van der Waals surface area contributed by atoms with Crippen LogP contribution in [0.3, 0.4) is 0 Å². The van der Waals surface area contributed by atoms with Gasteiger partial charge in [-0.1, -0.05) is 12.1 Å². The number of amides is 1. The molecular weight excluding hydrogens is 224 g/mol. The van der Waals surface area contributed by atoms with Crippen LogP contribution >= 0.6 is 11.6 Å². The molecule has 1 aromatic rings. The Bertz CT molecular complexity index is 406. The van der Waals surface area contributed by atoms with Crippen LogP contribution in [0.1, 0.15) is 11.1 Å². The summed E-state index contributed by atoms with van der Waals surface area (Å²) in [6, 6.07) is 6.69. The van der Waals surface area contributed by atoms with Crippen molar-refractivity contribution in [2.45, 2.75) is 12.8 Å². The smallest absolute Gasteiger partial charge is 0.231 e. The van der Waals surface area contributed by atoms with Crippen molar-refractivity contribution in [2.75, 3.05) is 24.5 Å². The van der Waals surface area contributed by atoms with E-state index in [0.717, 1.165) is 24.2 Å². The van der Waals surface area contributed by atoms with Gasteiger partial charge in [0.05, 0.1) is 12.4 Å². The van der Waals surface area contributed by atoms with Crippen molar-refractivity contribution < 1.29 is 4.79 Å². The van der Waals surface area contributed by atoms with Gasteiger partial charge in [-0.3, -0.25) is 4.79 Å². The minimum absolute atomic E-state index is 0.172. The molecule has 86 valence electrons. The first-order chi connectivity index (χ1) is 7.72. The number of nitrogens with zero attached hydrogens (tertiary/aromatic N) is 1. The van der Waals surface area contributed by atoms with Gasteiger partial charge in [0, 0.05) is 19.3 Å². The quantitative estimate of drug-likeness (QED) is 0.490. The molecule has 1 aliphatic rings. The average Bonchev–Trinajstić information content (AvgIpc) is 2.55. The normalized spacial score (nSPS) is 14.4. The average molecular weight is 239 g/mol. The zero-order valence-corrected chi connectivity index (χ0v) is 10.0. The Morgan fingerprint density at radius 1 is 1.50 bits per heavy atom. The summed E-state index contributed by atoms with van der Waals surface area (Å²) in [5.74, 6) is 0.172. The predicted octanol–water partition coefficient (Wildman–Crippen LogP) is 1.53. The summed E-state index contributed by atoms with van der Waals surface area (Å²) in [5, 5.41) is 3.07. The Morgan fingerprint density at radius 3 is 3.06 bits per heavy atom. The van der Waals surface area contributed by atoms with Crippen molar-refractivity contribution >= 4 is 23.2 Å². The van der Waals surface area contributed by atoms with E-state index >= 15 is 0 Å². The van der Waals surface area contributed by atoms with Gasteiger partial charge in [0.1, 0.15) is 0 Å². The third kappa shape index (κ3) is 2.20. The van der Waals surface area contributed by atoms with Crippen molar-refractivity contribution in [3.05, 3.63) is 29.3 Å². The molecule has 1 aliphatic heterocycles. The molecule has 16 heavy (non-hydrogen) atoms. The maximum absolute atomic E-state index is 11.5. The number of alkyl halides is 1. The highest BCUT2D eigenvalue weighted by molar-refractivity contribution is 6.17. The summed E-state index contributed by atoms with van der Waals surface area (Å²) in [5.41, 5.74) is 3.43. The van der Waals surface area contributed by atoms with Crippen LogP contribution in [0, 0.1) is 0 Å². The lowest BCUT2D eigenvalue weighted by atomic mass is 10.1. The predicted molar refractivity (Wildman–Crippen MR) is 66.0 cm³/mol. The Hall–Kier alpha value is -1.06. The fourth-order valence-corrected chi connectivity index (χ4v) is 2.11. The third-order valence-corrected chi connectivity index (χ3v) is 3.09. The molecule has 1 aromatic carbocycles. The highest BCUT2D eigenvalue weighted by atomic mass is 35.5.